The molecule has 1 saturated heterocycles. The molecule has 6 nitrogen and oxygen atoms in total. The maximum Gasteiger partial charge on any atom is 0.261 e. The van der Waals surface area contributed by atoms with Crippen LogP contribution in [0.15, 0.2) is 29.1 Å². The highest BCUT2D eigenvalue weighted by Gasteiger charge is 2.43. The first kappa shape index (κ1) is 18.2. The Morgan fingerprint density at radius 1 is 1.26 bits per heavy atom. The third-order valence-electron chi connectivity index (χ3n) is 5.84. The van der Waals surface area contributed by atoms with E-state index in [1.54, 1.807) is 6.92 Å². The van der Waals surface area contributed by atoms with Crippen LogP contribution in [-0.4, -0.2) is 34.7 Å². The molecular formula is C21H27N3O3. The molecule has 1 aromatic carbocycles. The fraction of sp³-hybridized carbons (Fsp3) is 0.571. The van der Waals surface area contributed by atoms with E-state index in [-0.39, 0.29) is 35.4 Å². The molecule has 6 heteroatoms. The summed E-state index contributed by atoms with van der Waals surface area (Å²) in [6.07, 6.45) is 1.86. The molecule has 144 valence electrons. The number of nitrogens with zero attached hydrogens (tertiary/aromatic N) is 2. The predicted molar refractivity (Wildman–Crippen MR) is 104 cm³/mol. The molecule has 2 heterocycles. The smallest absolute Gasteiger partial charge is 0.261 e. The summed E-state index contributed by atoms with van der Waals surface area (Å²) in [5.41, 5.74) is 0.709. The Labute approximate surface area is 158 Å². The largest absolute Gasteiger partial charge is 0.381 e. The Hall–Kier alpha value is -2.21. The first-order chi connectivity index (χ1) is 13.0. The van der Waals surface area contributed by atoms with Crippen molar-refractivity contribution in [2.75, 3.05) is 13.2 Å². The molecule has 2 aromatic rings. The number of benzene rings is 1. The molecule has 1 N–H and O–H groups in total. The lowest BCUT2D eigenvalue weighted by molar-refractivity contribution is -0.121. The topological polar surface area (TPSA) is 73.2 Å². The van der Waals surface area contributed by atoms with E-state index in [9.17, 15) is 9.59 Å². The number of carbonyl (C=O) groups is 1. The minimum Gasteiger partial charge on any atom is -0.381 e. The molecule has 2 fully saturated rings. The number of amides is 1. The fourth-order valence-electron chi connectivity index (χ4n) is 4.83. The second-order valence-electron chi connectivity index (χ2n) is 8.25. The van der Waals surface area contributed by atoms with Gasteiger partial charge in [0.15, 0.2) is 0 Å². The second-order valence-corrected chi connectivity index (χ2v) is 8.25. The molecule has 1 aliphatic heterocycles. The van der Waals surface area contributed by atoms with E-state index in [1.165, 1.54) is 0 Å². The van der Waals surface area contributed by atoms with Crippen LogP contribution in [0.5, 0.6) is 0 Å². The number of carbonyl (C=O) groups excluding carboxylic acids is 1. The van der Waals surface area contributed by atoms with Crippen LogP contribution in [0.3, 0.4) is 0 Å². The quantitative estimate of drug-likeness (QED) is 0.903. The van der Waals surface area contributed by atoms with Crippen LogP contribution in [0.4, 0.5) is 0 Å². The molecule has 4 rings (SSSR count). The maximum atomic E-state index is 13.5. The Morgan fingerprint density at radius 3 is 2.78 bits per heavy atom. The van der Waals surface area contributed by atoms with Gasteiger partial charge in [0.25, 0.3) is 5.56 Å². The van der Waals surface area contributed by atoms with Crippen LogP contribution in [0.1, 0.15) is 51.4 Å². The molecule has 1 amide bonds. The zero-order chi connectivity index (χ0) is 19.1. The summed E-state index contributed by atoms with van der Waals surface area (Å²) in [6.45, 7) is 7.02. The van der Waals surface area contributed by atoms with E-state index in [1.807, 2.05) is 28.8 Å². The molecule has 1 saturated carbocycles. The molecule has 1 aliphatic carbocycles. The van der Waals surface area contributed by atoms with Gasteiger partial charge in [0.1, 0.15) is 5.82 Å². The minimum absolute atomic E-state index is 0.0197. The van der Waals surface area contributed by atoms with Crippen molar-refractivity contribution in [3.05, 3.63) is 40.4 Å². The summed E-state index contributed by atoms with van der Waals surface area (Å²) >= 11 is 0. The van der Waals surface area contributed by atoms with Gasteiger partial charge < -0.3 is 10.1 Å². The van der Waals surface area contributed by atoms with Crippen molar-refractivity contribution < 1.29 is 9.53 Å². The summed E-state index contributed by atoms with van der Waals surface area (Å²) in [6, 6.07) is 7.29. The average molecular weight is 369 g/mol. The first-order valence-corrected chi connectivity index (χ1v) is 9.81. The lowest BCUT2D eigenvalue weighted by Gasteiger charge is -2.46. The summed E-state index contributed by atoms with van der Waals surface area (Å²) < 4.78 is 7.69. The van der Waals surface area contributed by atoms with Gasteiger partial charge in [-0.3, -0.25) is 14.2 Å². The first-order valence-electron chi connectivity index (χ1n) is 9.81. The summed E-state index contributed by atoms with van der Waals surface area (Å²) in [4.78, 5) is 30.2. The van der Waals surface area contributed by atoms with Crippen molar-refractivity contribution >= 4 is 16.8 Å². The number of ether oxygens (including phenoxy) is 1. The third-order valence-corrected chi connectivity index (χ3v) is 5.84. The highest BCUT2D eigenvalue weighted by Crippen LogP contribution is 2.41. The van der Waals surface area contributed by atoms with Crippen molar-refractivity contribution in [3.8, 4) is 0 Å². The van der Waals surface area contributed by atoms with E-state index in [2.05, 4.69) is 19.2 Å². The van der Waals surface area contributed by atoms with Crippen molar-refractivity contribution in [2.45, 2.75) is 51.6 Å². The number of rotatable bonds is 3. The van der Waals surface area contributed by atoms with Gasteiger partial charge in [0.2, 0.25) is 5.91 Å². The van der Waals surface area contributed by atoms with Crippen LogP contribution in [-0.2, 0) is 9.53 Å². The normalized spacial score (nSPS) is 27.7. The number of hydrogen-bond acceptors (Lipinski definition) is 4. The van der Waals surface area contributed by atoms with Crippen LogP contribution in [0.2, 0.25) is 0 Å². The minimum atomic E-state index is -0.132. The molecule has 27 heavy (non-hydrogen) atoms. The zero-order valence-electron chi connectivity index (χ0n) is 16.1. The summed E-state index contributed by atoms with van der Waals surface area (Å²) in [7, 11) is 0. The van der Waals surface area contributed by atoms with Gasteiger partial charge in [-0.25, -0.2) is 4.98 Å². The van der Waals surface area contributed by atoms with Crippen LogP contribution in [0.25, 0.3) is 10.9 Å². The Kier molecular flexibility index (Phi) is 4.76. The van der Waals surface area contributed by atoms with Gasteiger partial charge in [-0.15, -0.1) is 0 Å². The molecule has 4 unspecified atom stereocenters. The number of para-hydroxylation sites is 1. The molecule has 2 aliphatic rings. The van der Waals surface area contributed by atoms with E-state index < -0.39 is 0 Å². The molecule has 4 atom stereocenters. The molecule has 1 aromatic heterocycles. The van der Waals surface area contributed by atoms with Crippen molar-refractivity contribution in [1.29, 1.82) is 0 Å². The number of nitrogens with one attached hydrogen (secondary N) is 1. The van der Waals surface area contributed by atoms with E-state index >= 15 is 0 Å². The second kappa shape index (κ2) is 7.08. The van der Waals surface area contributed by atoms with Crippen LogP contribution in [0, 0.1) is 11.8 Å². The number of hydrogen-bond donors (Lipinski definition) is 1. The van der Waals surface area contributed by atoms with Gasteiger partial charge in [0.05, 0.1) is 29.6 Å². The van der Waals surface area contributed by atoms with Crippen molar-refractivity contribution in [1.82, 2.24) is 14.9 Å². The van der Waals surface area contributed by atoms with E-state index in [0.717, 1.165) is 30.8 Å². The summed E-state index contributed by atoms with van der Waals surface area (Å²) in [5, 5.41) is 3.75. The Bertz CT molecular complexity index is 921. The predicted octanol–water partition coefficient (Wildman–Crippen LogP) is 2.62. The van der Waals surface area contributed by atoms with Gasteiger partial charge >= 0.3 is 0 Å². The highest BCUT2D eigenvalue weighted by atomic mass is 16.5. The molecule has 0 spiro atoms. The highest BCUT2D eigenvalue weighted by molar-refractivity contribution is 5.77. The van der Waals surface area contributed by atoms with Gasteiger partial charge in [-0.05, 0) is 30.9 Å². The van der Waals surface area contributed by atoms with Gasteiger partial charge in [-0.1, -0.05) is 26.0 Å². The molecule has 0 radical (unpaired) electrons. The van der Waals surface area contributed by atoms with E-state index in [0.29, 0.717) is 17.9 Å². The maximum absolute atomic E-state index is 13.5. The summed E-state index contributed by atoms with van der Waals surface area (Å²) in [5.74, 6) is 1.46. The van der Waals surface area contributed by atoms with Gasteiger partial charge in [-0.2, -0.15) is 0 Å². The van der Waals surface area contributed by atoms with E-state index in [4.69, 9.17) is 9.72 Å². The Balaban J connectivity index is 1.91. The monoisotopic (exact) mass is 369 g/mol. The SMILES string of the molecule is CC(=O)NC1CC2COCC(C2)C1n1c(C(C)C)nc2ccccc2c1=O. The third kappa shape index (κ3) is 3.27. The molecular weight excluding hydrogens is 342 g/mol. The fourth-order valence-corrected chi connectivity index (χ4v) is 4.83. The average Bonchev–Trinajstić information content (AvgIpc) is 2.62. The number of fused-ring (bicyclic) bond motifs is 3. The van der Waals surface area contributed by atoms with Crippen molar-refractivity contribution in [2.24, 2.45) is 11.8 Å². The molecule has 2 bridgehead atoms. The Morgan fingerprint density at radius 2 is 2.04 bits per heavy atom. The zero-order valence-corrected chi connectivity index (χ0v) is 16.1. The van der Waals surface area contributed by atoms with Gasteiger partial charge in [0, 0.05) is 25.4 Å². The van der Waals surface area contributed by atoms with Crippen LogP contribution >= 0.6 is 0 Å². The van der Waals surface area contributed by atoms with Crippen LogP contribution < -0.4 is 10.9 Å². The number of aromatic nitrogens is 2. The standard InChI is InChI=1S/C21H27N3O3/c1-12(2)20-23-17-7-5-4-6-16(17)21(26)24(20)19-15-8-14(10-27-11-15)9-18(19)22-13(3)25/h4-7,12,14-15,18-19H,8-11H2,1-3H3,(H,22,25). The lowest BCUT2D eigenvalue weighted by Crippen LogP contribution is -2.54. The lowest BCUT2D eigenvalue weighted by atomic mass is 9.73. The van der Waals surface area contributed by atoms with Crippen molar-refractivity contribution in [3.63, 3.8) is 0 Å².